The molecule has 2 N–H and O–H groups in total. The van der Waals surface area contributed by atoms with Crippen LogP contribution in [0.2, 0.25) is 0 Å². The summed E-state index contributed by atoms with van der Waals surface area (Å²) in [5, 5.41) is 6.69. The van der Waals surface area contributed by atoms with Crippen molar-refractivity contribution in [1.29, 1.82) is 0 Å². The number of hydrogen-bond acceptors (Lipinski definition) is 2. The van der Waals surface area contributed by atoms with E-state index in [4.69, 9.17) is 4.99 Å². The van der Waals surface area contributed by atoms with Crippen molar-refractivity contribution in [2.24, 2.45) is 16.8 Å². The normalized spacial score (nSPS) is 19.0. The predicted molar refractivity (Wildman–Crippen MR) is 108 cm³/mol. The van der Waals surface area contributed by atoms with E-state index >= 15 is 0 Å². The standard InChI is InChI=1S/C21H35FN4/c1-4-23-21(24-11-10-18-7-5-9-20(22)13-18)25-14-19-8-6-12-26(16-19)15-17(2)3/h5,7,9,13,17,19H,4,6,8,10-12,14-16H2,1-3H3,(H2,23,24,25). The van der Waals surface area contributed by atoms with Gasteiger partial charge < -0.3 is 15.5 Å². The highest BCUT2D eigenvalue weighted by atomic mass is 19.1. The Morgan fingerprint density at radius 3 is 2.92 bits per heavy atom. The van der Waals surface area contributed by atoms with E-state index in [1.54, 1.807) is 12.1 Å². The molecule has 5 heteroatoms. The lowest BCUT2D eigenvalue weighted by Gasteiger charge is -2.33. The molecular formula is C21H35FN4. The number of guanidine groups is 1. The summed E-state index contributed by atoms with van der Waals surface area (Å²) in [6, 6.07) is 6.79. The molecule has 1 heterocycles. The molecule has 2 rings (SSSR count). The molecule has 0 aliphatic carbocycles. The van der Waals surface area contributed by atoms with Crippen LogP contribution in [0.15, 0.2) is 29.3 Å². The van der Waals surface area contributed by atoms with E-state index in [-0.39, 0.29) is 5.82 Å². The Bertz CT molecular complexity index is 559. The zero-order chi connectivity index (χ0) is 18.8. The molecule has 146 valence electrons. The van der Waals surface area contributed by atoms with Crippen LogP contribution in [0.3, 0.4) is 0 Å². The zero-order valence-corrected chi connectivity index (χ0v) is 16.6. The van der Waals surface area contributed by atoms with Gasteiger partial charge in [-0.05, 0) is 62.3 Å². The van der Waals surface area contributed by atoms with Crippen molar-refractivity contribution < 1.29 is 4.39 Å². The summed E-state index contributed by atoms with van der Waals surface area (Å²) in [7, 11) is 0. The molecule has 0 spiro atoms. The maximum absolute atomic E-state index is 13.3. The third-order valence-electron chi connectivity index (χ3n) is 4.67. The van der Waals surface area contributed by atoms with Crippen LogP contribution in [-0.4, -0.2) is 50.1 Å². The first-order valence-corrected chi connectivity index (χ1v) is 10.1. The van der Waals surface area contributed by atoms with E-state index in [9.17, 15) is 4.39 Å². The van der Waals surface area contributed by atoms with Crippen molar-refractivity contribution in [3.05, 3.63) is 35.6 Å². The Hall–Kier alpha value is -1.62. The number of hydrogen-bond donors (Lipinski definition) is 2. The number of rotatable bonds is 8. The first-order valence-electron chi connectivity index (χ1n) is 10.1. The number of piperidine rings is 1. The van der Waals surface area contributed by atoms with Crippen molar-refractivity contribution in [1.82, 2.24) is 15.5 Å². The third kappa shape index (κ3) is 7.73. The van der Waals surface area contributed by atoms with E-state index in [1.807, 2.05) is 6.07 Å². The molecule has 1 aromatic rings. The Morgan fingerprint density at radius 2 is 2.19 bits per heavy atom. The first-order chi connectivity index (χ1) is 12.6. The quantitative estimate of drug-likeness (QED) is 0.551. The smallest absolute Gasteiger partial charge is 0.191 e. The average molecular weight is 363 g/mol. The second kappa shape index (κ2) is 11.2. The lowest BCUT2D eigenvalue weighted by atomic mass is 9.97. The minimum atomic E-state index is -0.175. The molecular weight excluding hydrogens is 327 g/mol. The minimum absolute atomic E-state index is 0.175. The lowest BCUT2D eigenvalue weighted by Crippen LogP contribution is -2.41. The summed E-state index contributed by atoms with van der Waals surface area (Å²) in [6.07, 6.45) is 3.32. The highest BCUT2D eigenvalue weighted by Crippen LogP contribution is 2.17. The third-order valence-corrected chi connectivity index (χ3v) is 4.67. The Labute approximate surface area is 158 Å². The van der Waals surface area contributed by atoms with E-state index in [0.717, 1.165) is 50.0 Å². The molecule has 0 aromatic heterocycles. The van der Waals surface area contributed by atoms with Gasteiger partial charge in [-0.25, -0.2) is 4.39 Å². The number of aliphatic imine (C=N–C) groups is 1. The van der Waals surface area contributed by atoms with Crippen LogP contribution in [0.4, 0.5) is 4.39 Å². The summed E-state index contributed by atoms with van der Waals surface area (Å²) in [6.45, 7) is 12.7. The average Bonchev–Trinajstić information content (AvgIpc) is 2.59. The Morgan fingerprint density at radius 1 is 1.35 bits per heavy atom. The Balaban J connectivity index is 1.79. The summed E-state index contributed by atoms with van der Waals surface area (Å²) >= 11 is 0. The fraction of sp³-hybridized carbons (Fsp3) is 0.667. The SMILES string of the molecule is CCNC(=NCC1CCCN(CC(C)C)C1)NCCc1cccc(F)c1. The van der Waals surface area contributed by atoms with Crippen LogP contribution in [0, 0.1) is 17.7 Å². The van der Waals surface area contributed by atoms with Gasteiger partial charge in [-0.15, -0.1) is 0 Å². The Kier molecular flexibility index (Phi) is 8.89. The van der Waals surface area contributed by atoms with Gasteiger partial charge in [0.15, 0.2) is 5.96 Å². The monoisotopic (exact) mass is 362 g/mol. The fourth-order valence-corrected chi connectivity index (χ4v) is 3.56. The largest absolute Gasteiger partial charge is 0.357 e. The predicted octanol–water partition coefficient (Wildman–Crippen LogP) is 3.29. The minimum Gasteiger partial charge on any atom is -0.357 e. The summed E-state index contributed by atoms with van der Waals surface area (Å²) in [5.41, 5.74) is 1.00. The molecule has 1 unspecified atom stereocenters. The van der Waals surface area contributed by atoms with Crippen molar-refractivity contribution in [3.63, 3.8) is 0 Å². The summed E-state index contributed by atoms with van der Waals surface area (Å²) < 4.78 is 13.3. The summed E-state index contributed by atoms with van der Waals surface area (Å²) in [5.74, 6) is 2.05. The molecule has 4 nitrogen and oxygen atoms in total. The summed E-state index contributed by atoms with van der Waals surface area (Å²) in [4.78, 5) is 7.38. The molecule has 0 saturated carbocycles. The van der Waals surface area contributed by atoms with E-state index in [0.29, 0.717) is 5.92 Å². The highest BCUT2D eigenvalue weighted by molar-refractivity contribution is 5.79. The van der Waals surface area contributed by atoms with Crippen LogP contribution in [0.1, 0.15) is 39.2 Å². The van der Waals surface area contributed by atoms with Crippen LogP contribution in [-0.2, 0) is 6.42 Å². The van der Waals surface area contributed by atoms with Gasteiger partial charge in [0.2, 0.25) is 0 Å². The van der Waals surface area contributed by atoms with E-state index in [1.165, 1.54) is 32.0 Å². The topological polar surface area (TPSA) is 39.7 Å². The molecule has 1 saturated heterocycles. The van der Waals surface area contributed by atoms with Crippen LogP contribution < -0.4 is 10.6 Å². The van der Waals surface area contributed by atoms with Gasteiger partial charge in [-0.1, -0.05) is 26.0 Å². The lowest BCUT2D eigenvalue weighted by molar-refractivity contribution is 0.162. The van der Waals surface area contributed by atoms with Crippen LogP contribution in [0.25, 0.3) is 0 Å². The second-order valence-electron chi connectivity index (χ2n) is 7.69. The molecule has 0 amide bonds. The van der Waals surface area contributed by atoms with Gasteiger partial charge in [0.1, 0.15) is 5.82 Å². The van der Waals surface area contributed by atoms with Crippen molar-refractivity contribution in [2.75, 3.05) is 39.3 Å². The molecule has 1 fully saturated rings. The first kappa shape index (κ1) is 20.7. The van der Waals surface area contributed by atoms with Gasteiger partial charge in [0.25, 0.3) is 0 Å². The number of likely N-dealkylation sites (tertiary alicyclic amines) is 1. The fourth-order valence-electron chi connectivity index (χ4n) is 3.56. The van der Waals surface area contributed by atoms with Gasteiger partial charge in [0, 0.05) is 32.7 Å². The van der Waals surface area contributed by atoms with Crippen molar-refractivity contribution in [3.8, 4) is 0 Å². The van der Waals surface area contributed by atoms with Gasteiger partial charge in [-0.2, -0.15) is 0 Å². The number of nitrogens with one attached hydrogen (secondary N) is 2. The number of benzene rings is 1. The molecule has 1 aromatic carbocycles. The molecule has 26 heavy (non-hydrogen) atoms. The van der Waals surface area contributed by atoms with Gasteiger partial charge in [-0.3, -0.25) is 4.99 Å². The maximum atomic E-state index is 13.3. The molecule has 1 atom stereocenters. The maximum Gasteiger partial charge on any atom is 0.191 e. The van der Waals surface area contributed by atoms with Crippen LogP contribution >= 0.6 is 0 Å². The van der Waals surface area contributed by atoms with Gasteiger partial charge >= 0.3 is 0 Å². The number of halogens is 1. The van der Waals surface area contributed by atoms with Crippen LogP contribution in [0.5, 0.6) is 0 Å². The van der Waals surface area contributed by atoms with Crippen molar-refractivity contribution >= 4 is 5.96 Å². The molecule has 0 radical (unpaired) electrons. The molecule has 1 aliphatic heterocycles. The zero-order valence-electron chi connectivity index (χ0n) is 16.6. The second-order valence-corrected chi connectivity index (χ2v) is 7.69. The van der Waals surface area contributed by atoms with E-state index < -0.39 is 0 Å². The number of nitrogens with zero attached hydrogens (tertiary/aromatic N) is 2. The highest BCUT2D eigenvalue weighted by Gasteiger charge is 2.20. The van der Waals surface area contributed by atoms with Crippen molar-refractivity contribution in [2.45, 2.75) is 40.0 Å². The van der Waals surface area contributed by atoms with Gasteiger partial charge in [0.05, 0.1) is 0 Å². The molecule has 0 bridgehead atoms. The molecule has 1 aliphatic rings. The van der Waals surface area contributed by atoms with E-state index in [2.05, 4.69) is 36.3 Å².